The zero-order chi connectivity index (χ0) is 12.3. The third-order valence-corrected chi connectivity index (χ3v) is 2.27. The molecule has 2 rings (SSSR count). The molecule has 1 aromatic carbocycles. The molecule has 17 heavy (non-hydrogen) atoms. The molecule has 0 spiro atoms. The topological polar surface area (TPSA) is 72.9 Å². The minimum Gasteiger partial charge on any atom is -0.320 e. The van der Waals surface area contributed by atoms with Crippen molar-refractivity contribution in [1.82, 2.24) is 9.78 Å². The Hall–Kier alpha value is -2.14. The van der Waals surface area contributed by atoms with Crippen LogP contribution in [0.5, 0.6) is 0 Å². The molecular weight excluding hydrogens is 216 g/mol. The zero-order valence-electron chi connectivity index (χ0n) is 9.50. The van der Waals surface area contributed by atoms with E-state index < -0.39 is 6.04 Å². The number of amides is 1. The third-order valence-electron chi connectivity index (χ3n) is 2.27. The van der Waals surface area contributed by atoms with E-state index in [1.807, 2.05) is 30.3 Å². The van der Waals surface area contributed by atoms with Gasteiger partial charge >= 0.3 is 0 Å². The van der Waals surface area contributed by atoms with Gasteiger partial charge in [-0.3, -0.25) is 4.79 Å². The molecule has 0 aliphatic rings. The number of nitrogens with zero attached hydrogens (tertiary/aromatic N) is 2. The number of carbonyl (C=O) groups excluding carboxylic acids is 1. The van der Waals surface area contributed by atoms with Crippen molar-refractivity contribution in [3.05, 3.63) is 42.6 Å². The Morgan fingerprint density at radius 3 is 2.71 bits per heavy atom. The molecule has 0 radical (unpaired) electrons. The van der Waals surface area contributed by atoms with E-state index in [0.717, 1.165) is 5.69 Å². The molecule has 0 bridgehead atoms. The smallest absolute Gasteiger partial charge is 0.242 e. The summed E-state index contributed by atoms with van der Waals surface area (Å²) in [6.07, 6.45) is 1.78. The first-order valence-corrected chi connectivity index (χ1v) is 5.34. The Morgan fingerprint density at radius 2 is 2.06 bits per heavy atom. The molecule has 5 heteroatoms. The lowest BCUT2D eigenvalue weighted by atomic mass is 10.3. The molecule has 0 fully saturated rings. The van der Waals surface area contributed by atoms with Gasteiger partial charge in [0.2, 0.25) is 5.91 Å². The van der Waals surface area contributed by atoms with Gasteiger partial charge in [-0.05, 0) is 19.1 Å². The van der Waals surface area contributed by atoms with Gasteiger partial charge in [0.1, 0.15) is 0 Å². The summed E-state index contributed by atoms with van der Waals surface area (Å²) in [7, 11) is 0. The van der Waals surface area contributed by atoms with Crippen LogP contribution in [-0.4, -0.2) is 21.7 Å². The number of benzene rings is 1. The highest BCUT2D eigenvalue weighted by Gasteiger charge is 2.09. The fourth-order valence-corrected chi connectivity index (χ4v) is 1.36. The van der Waals surface area contributed by atoms with Gasteiger partial charge in [-0.15, -0.1) is 0 Å². The fraction of sp³-hybridized carbons (Fsp3) is 0.167. The quantitative estimate of drug-likeness (QED) is 0.831. The van der Waals surface area contributed by atoms with Crippen molar-refractivity contribution in [2.45, 2.75) is 13.0 Å². The van der Waals surface area contributed by atoms with Gasteiger partial charge in [0.25, 0.3) is 0 Å². The second kappa shape index (κ2) is 4.80. The van der Waals surface area contributed by atoms with Crippen LogP contribution in [0.1, 0.15) is 6.92 Å². The molecule has 5 nitrogen and oxygen atoms in total. The highest BCUT2D eigenvalue weighted by molar-refractivity contribution is 5.93. The van der Waals surface area contributed by atoms with Gasteiger partial charge in [-0.25, -0.2) is 4.68 Å². The Morgan fingerprint density at radius 1 is 1.35 bits per heavy atom. The highest BCUT2D eigenvalue weighted by Crippen LogP contribution is 2.09. The molecule has 3 N–H and O–H groups in total. The first kappa shape index (κ1) is 11.3. The van der Waals surface area contributed by atoms with Crippen molar-refractivity contribution in [3.63, 3.8) is 0 Å². The largest absolute Gasteiger partial charge is 0.320 e. The van der Waals surface area contributed by atoms with E-state index in [4.69, 9.17) is 5.73 Å². The van der Waals surface area contributed by atoms with Crippen LogP contribution in [0.25, 0.3) is 5.69 Å². The van der Waals surface area contributed by atoms with Crippen molar-refractivity contribution in [3.8, 4) is 5.69 Å². The van der Waals surface area contributed by atoms with Gasteiger partial charge in [-0.2, -0.15) is 5.10 Å². The predicted octanol–water partition coefficient (Wildman–Crippen LogP) is 1.16. The highest BCUT2D eigenvalue weighted by atomic mass is 16.2. The number of rotatable bonds is 3. The second-order valence-corrected chi connectivity index (χ2v) is 3.76. The standard InChI is InChI=1S/C12H14N4O/c1-9(13)12(17)14-11-7-8-16(15-11)10-5-3-2-4-6-10/h2-9H,13H2,1H3,(H,14,15,17)/t9-/m0/s1. The number of para-hydroxylation sites is 1. The summed E-state index contributed by atoms with van der Waals surface area (Å²) in [5.41, 5.74) is 6.39. The zero-order valence-corrected chi connectivity index (χ0v) is 9.50. The summed E-state index contributed by atoms with van der Waals surface area (Å²) in [5.74, 6) is 0.250. The van der Waals surface area contributed by atoms with Crippen molar-refractivity contribution in [1.29, 1.82) is 0 Å². The molecule has 88 valence electrons. The summed E-state index contributed by atoms with van der Waals surface area (Å²) in [4.78, 5) is 11.4. The number of nitrogens with two attached hydrogens (primary N) is 1. The van der Waals surface area contributed by atoms with E-state index in [1.165, 1.54) is 0 Å². The van der Waals surface area contributed by atoms with E-state index in [2.05, 4.69) is 10.4 Å². The van der Waals surface area contributed by atoms with Crippen molar-refractivity contribution in [2.75, 3.05) is 5.32 Å². The number of aromatic nitrogens is 2. The number of anilines is 1. The average molecular weight is 230 g/mol. The summed E-state index contributed by atoms with van der Waals surface area (Å²) >= 11 is 0. The number of hydrogen-bond acceptors (Lipinski definition) is 3. The summed E-state index contributed by atoms with van der Waals surface area (Å²) in [6, 6.07) is 10.8. The van der Waals surface area contributed by atoms with Gasteiger partial charge < -0.3 is 11.1 Å². The summed E-state index contributed by atoms with van der Waals surface area (Å²) in [6.45, 7) is 1.63. The molecule has 0 saturated heterocycles. The van der Waals surface area contributed by atoms with E-state index in [-0.39, 0.29) is 5.91 Å². The monoisotopic (exact) mass is 230 g/mol. The maximum atomic E-state index is 11.4. The van der Waals surface area contributed by atoms with Crippen molar-refractivity contribution >= 4 is 11.7 Å². The molecule has 1 amide bonds. The molecule has 1 aromatic heterocycles. The van der Waals surface area contributed by atoms with Crippen molar-refractivity contribution < 1.29 is 4.79 Å². The van der Waals surface area contributed by atoms with Crippen LogP contribution in [0.4, 0.5) is 5.82 Å². The molecule has 0 unspecified atom stereocenters. The molecule has 0 aliphatic heterocycles. The number of carbonyl (C=O) groups is 1. The number of nitrogens with one attached hydrogen (secondary N) is 1. The van der Waals surface area contributed by atoms with Crippen LogP contribution in [0, 0.1) is 0 Å². The average Bonchev–Trinajstić information content (AvgIpc) is 2.78. The normalized spacial score (nSPS) is 12.1. The molecule has 1 atom stereocenters. The van der Waals surface area contributed by atoms with Gasteiger partial charge in [0, 0.05) is 12.3 Å². The van der Waals surface area contributed by atoms with Crippen molar-refractivity contribution in [2.24, 2.45) is 5.73 Å². The summed E-state index contributed by atoms with van der Waals surface area (Å²) < 4.78 is 1.69. The van der Waals surface area contributed by atoms with E-state index >= 15 is 0 Å². The maximum absolute atomic E-state index is 11.4. The second-order valence-electron chi connectivity index (χ2n) is 3.76. The first-order chi connectivity index (χ1) is 8.16. The van der Waals surface area contributed by atoms with E-state index in [0.29, 0.717) is 5.82 Å². The van der Waals surface area contributed by atoms with Crippen LogP contribution in [0.3, 0.4) is 0 Å². The van der Waals surface area contributed by atoms with Gasteiger partial charge in [0.05, 0.1) is 11.7 Å². The third kappa shape index (κ3) is 2.70. The Labute approximate surface area is 99.2 Å². The minimum atomic E-state index is -0.545. The molecule has 0 saturated carbocycles. The molecule has 1 heterocycles. The van der Waals surface area contributed by atoms with E-state index in [1.54, 1.807) is 23.9 Å². The first-order valence-electron chi connectivity index (χ1n) is 5.34. The van der Waals surface area contributed by atoms with Gasteiger partial charge in [-0.1, -0.05) is 18.2 Å². The van der Waals surface area contributed by atoms with Crippen LogP contribution < -0.4 is 11.1 Å². The Balaban J connectivity index is 2.14. The van der Waals surface area contributed by atoms with Crippen LogP contribution in [0.2, 0.25) is 0 Å². The van der Waals surface area contributed by atoms with E-state index in [9.17, 15) is 4.79 Å². The summed E-state index contributed by atoms with van der Waals surface area (Å²) in [5, 5.41) is 6.87. The Kier molecular flexibility index (Phi) is 3.20. The lowest BCUT2D eigenvalue weighted by Crippen LogP contribution is -2.32. The van der Waals surface area contributed by atoms with Gasteiger partial charge in [0.15, 0.2) is 5.82 Å². The van der Waals surface area contributed by atoms with Crippen LogP contribution in [0.15, 0.2) is 42.6 Å². The Bertz CT molecular complexity index is 504. The lowest BCUT2D eigenvalue weighted by Gasteiger charge is -2.04. The molecule has 0 aliphatic carbocycles. The van der Waals surface area contributed by atoms with Crippen LogP contribution >= 0.6 is 0 Å². The fourth-order valence-electron chi connectivity index (χ4n) is 1.36. The molecular formula is C12H14N4O. The molecule has 2 aromatic rings. The maximum Gasteiger partial charge on any atom is 0.242 e. The predicted molar refractivity (Wildman–Crippen MR) is 65.8 cm³/mol. The van der Waals surface area contributed by atoms with Crippen LogP contribution in [-0.2, 0) is 4.79 Å². The lowest BCUT2D eigenvalue weighted by molar-refractivity contribution is -0.117. The number of hydrogen-bond donors (Lipinski definition) is 2. The minimum absolute atomic E-state index is 0.247. The SMILES string of the molecule is C[C@H](N)C(=O)Nc1ccn(-c2ccccc2)n1.